The molecule has 1 rings (SSSR count). The van der Waals surface area contributed by atoms with Gasteiger partial charge in [-0.3, -0.25) is 0 Å². The van der Waals surface area contributed by atoms with Crippen LogP contribution in [-0.2, 0) is 9.47 Å². The highest BCUT2D eigenvalue weighted by atomic mass is 16.5. The van der Waals surface area contributed by atoms with E-state index in [2.05, 4.69) is 5.32 Å². The van der Waals surface area contributed by atoms with Gasteiger partial charge >= 0.3 is 0 Å². The van der Waals surface area contributed by atoms with E-state index in [0.717, 1.165) is 13.0 Å². The Morgan fingerprint density at radius 2 is 2.46 bits per heavy atom. The summed E-state index contributed by atoms with van der Waals surface area (Å²) in [5, 5.41) is 12.3. The van der Waals surface area contributed by atoms with Gasteiger partial charge in [-0.25, -0.2) is 0 Å². The molecule has 1 fully saturated rings. The van der Waals surface area contributed by atoms with Crippen molar-refractivity contribution in [3.63, 3.8) is 0 Å². The fraction of sp³-hybridized carbons (Fsp3) is 1.00. The van der Waals surface area contributed by atoms with Gasteiger partial charge in [0, 0.05) is 19.8 Å². The third-order valence-electron chi connectivity index (χ3n) is 2.41. The highest BCUT2D eigenvalue weighted by Gasteiger charge is 2.25. The Labute approximate surface area is 79.2 Å². The topological polar surface area (TPSA) is 50.7 Å². The van der Waals surface area contributed by atoms with Gasteiger partial charge < -0.3 is 19.9 Å². The van der Waals surface area contributed by atoms with E-state index in [0.29, 0.717) is 12.6 Å². The van der Waals surface area contributed by atoms with Crippen LogP contribution in [0.25, 0.3) is 0 Å². The maximum Gasteiger partial charge on any atom is 0.0700 e. The highest BCUT2D eigenvalue weighted by molar-refractivity contribution is 4.82. The number of hydrogen-bond acceptors (Lipinski definition) is 4. The Morgan fingerprint density at radius 3 is 2.92 bits per heavy atom. The third-order valence-corrected chi connectivity index (χ3v) is 2.41. The van der Waals surface area contributed by atoms with Crippen LogP contribution < -0.4 is 5.32 Å². The molecule has 0 aromatic rings. The van der Waals surface area contributed by atoms with Crippen molar-refractivity contribution in [3.8, 4) is 0 Å². The molecule has 1 aliphatic rings. The molecule has 0 spiro atoms. The first-order valence-corrected chi connectivity index (χ1v) is 4.75. The summed E-state index contributed by atoms with van der Waals surface area (Å²) in [5.41, 5.74) is 0. The van der Waals surface area contributed by atoms with Crippen molar-refractivity contribution < 1.29 is 14.6 Å². The van der Waals surface area contributed by atoms with Gasteiger partial charge in [0.15, 0.2) is 0 Å². The van der Waals surface area contributed by atoms with E-state index in [1.54, 1.807) is 7.11 Å². The molecule has 0 amide bonds. The molecule has 1 saturated heterocycles. The molecule has 13 heavy (non-hydrogen) atoms. The molecule has 0 saturated carbocycles. The minimum absolute atomic E-state index is 0.0270. The number of nitrogens with one attached hydrogen (secondary N) is 1. The van der Waals surface area contributed by atoms with Crippen LogP contribution in [0.4, 0.5) is 0 Å². The Morgan fingerprint density at radius 1 is 1.69 bits per heavy atom. The van der Waals surface area contributed by atoms with Gasteiger partial charge in [0.25, 0.3) is 0 Å². The molecule has 0 aromatic carbocycles. The van der Waals surface area contributed by atoms with Crippen molar-refractivity contribution in [2.24, 2.45) is 0 Å². The first-order chi connectivity index (χ1) is 6.27. The van der Waals surface area contributed by atoms with Crippen molar-refractivity contribution >= 4 is 0 Å². The Hall–Kier alpha value is -0.160. The molecular weight excluding hydrogens is 170 g/mol. The van der Waals surface area contributed by atoms with Gasteiger partial charge in [0.1, 0.15) is 0 Å². The summed E-state index contributed by atoms with van der Waals surface area (Å²) in [5.74, 6) is 0. The standard InChI is InChI=1S/C9H19NO3/c1-7-9(3-4-13-7)10-8(5-11)6-12-2/h7-11H,3-6H2,1-2H3. The van der Waals surface area contributed by atoms with Crippen LogP contribution in [0.15, 0.2) is 0 Å². The predicted octanol–water partition coefficient (Wildman–Crippen LogP) is -0.239. The number of hydrogen-bond donors (Lipinski definition) is 2. The smallest absolute Gasteiger partial charge is 0.0700 e. The van der Waals surface area contributed by atoms with Gasteiger partial charge in [-0.05, 0) is 13.3 Å². The summed E-state index contributed by atoms with van der Waals surface area (Å²) in [7, 11) is 1.64. The quantitative estimate of drug-likeness (QED) is 0.627. The van der Waals surface area contributed by atoms with E-state index >= 15 is 0 Å². The minimum atomic E-state index is 0.0270. The minimum Gasteiger partial charge on any atom is -0.395 e. The van der Waals surface area contributed by atoms with Gasteiger partial charge in [-0.2, -0.15) is 0 Å². The summed E-state index contributed by atoms with van der Waals surface area (Å²) in [6, 6.07) is 0.381. The zero-order valence-corrected chi connectivity index (χ0v) is 8.32. The summed E-state index contributed by atoms with van der Waals surface area (Å²) >= 11 is 0. The van der Waals surface area contributed by atoms with Crippen LogP contribution in [0.3, 0.4) is 0 Å². The van der Waals surface area contributed by atoms with Gasteiger partial charge in [0.2, 0.25) is 0 Å². The molecule has 4 nitrogen and oxygen atoms in total. The largest absolute Gasteiger partial charge is 0.395 e. The van der Waals surface area contributed by atoms with Crippen molar-refractivity contribution in [3.05, 3.63) is 0 Å². The van der Waals surface area contributed by atoms with Crippen LogP contribution >= 0.6 is 0 Å². The molecule has 0 aromatic heterocycles. The lowest BCUT2D eigenvalue weighted by Gasteiger charge is -2.22. The maximum absolute atomic E-state index is 9.02. The normalized spacial score (nSPS) is 30.7. The van der Waals surface area contributed by atoms with Crippen LogP contribution in [0.5, 0.6) is 0 Å². The fourth-order valence-corrected chi connectivity index (χ4v) is 1.61. The molecule has 2 N–H and O–H groups in total. The second-order valence-electron chi connectivity index (χ2n) is 3.47. The predicted molar refractivity (Wildman–Crippen MR) is 49.7 cm³/mol. The molecule has 78 valence electrons. The van der Waals surface area contributed by atoms with E-state index < -0.39 is 0 Å². The van der Waals surface area contributed by atoms with Crippen LogP contribution in [-0.4, -0.2) is 50.2 Å². The van der Waals surface area contributed by atoms with Crippen molar-refractivity contribution in [2.45, 2.75) is 31.5 Å². The van der Waals surface area contributed by atoms with Gasteiger partial charge in [0.05, 0.1) is 25.4 Å². The number of aliphatic hydroxyl groups is 1. The zero-order chi connectivity index (χ0) is 9.68. The Bertz CT molecular complexity index is 143. The number of aliphatic hydroxyl groups excluding tert-OH is 1. The summed E-state index contributed by atoms with van der Waals surface area (Å²) in [6.07, 6.45) is 1.26. The molecule has 0 bridgehead atoms. The molecule has 0 aliphatic carbocycles. The van der Waals surface area contributed by atoms with E-state index in [1.165, 1.54) is 0 Å². The van der Waals surface area contributed by atoms with E-state index in [4.69, 9.17) is 14.6 Å². The first-order valence-electron chi connectivity index (χ1n) is 4.75. The fourth-order valence-electron chi connectivity index (χ4n) is 1.61. The number of ether oxygens (including phenoxy) is 2. The Kier molecular flexibility index (Phi) is 4.66. The second-order valence-corrected chi connectivity index (χ2v) is 3.47. The SMILES string of the molecule is COCC(CO)NC1CCOC1C. The third kappa shape index (κ3) is 3.23. The van der Waals surface area contributed by atoms with Crippen LogP contribution in [0.1, 0.15) is 13.3 Å². The summed E-state index contributed by atoms with van der Waals surface area (Å²) in [4.78, 5) is 0. The molecule has 1 heterocycles. The van der Waals surface area contributed by atoms with E-state index in [-0.39, 0.29) is 18.8 Å². The highest BCUT2D eigenvalue weighted by Crippen LogP contribution is 2.13. The molecule has 3 atom stereocenters. The number of methoxy groups -OCH3 is 1. The first kappa shape index (κ1) is 10.9. The Balaban J connectivity index is 2.27. The zero-order valence-electron chi connectivity index (χ0n) is 8.32. The van der Waals surface area contributed by atoms with Crippen molar-refractivity contribution in [2.75, 3.05) is 26.9 Å². The summed E-state index contributed by atoms with van der Waals surface area (Å²) in [6.45, 7) is 3.51. The molecule has 3 unspecified atom stereocenters. The second kappa shape index (κ2) is 5.54. The number of rotatable bonds is 5. The lowest BCUT2D eigenvalue weighted by Crippen LogP contribution is -2.46. The maximum atomic E-state index is 9.02. The van der Waals surface area contributed by atoms with Crippen LogP contribution in [0, 0.1) is 0 Å². The lowest BCUT2D eigenvalue weighted by molar-refractivity contribution is 0.0910. The molecule has 1 aliphatic heterocycles. The average Bonchev–Trinajstić information content (AvgIpc) is 2.51. The van der Waals surface area contributed by atoms with Crippen LogP contribution in [0.2, 0.25) is 0 Å². The van der Waals surface area contributed by atoms with E-state index in [9.17, 15) is 0 Å². The van der Waals surface area contributed by atoms with E-state index in [1.807, 2.05) is 6.92 Å². The molecular formula is C9H19NO3. The summed E-state index contributed by atoms with van der Waals surface area (Å²) < 4.78 is 10.4. The van der Waals surface area contributed by atoms with Crippen molar-refractivity contribution in [1.82, 2.24) is 5.32 Å². The van der Waals surface area contributed by atoms with Gasteiger partial charge in [-0.15, -0.1) is 0 Å². The monoisotopic (exact) mass is 189 g/mol. The average molecular weight is 189 g/mol. The van der Waals surface area contributed by atoms with Crippen molar-refractivity contribution in [1.29, 1.82) is 0 Å². The molecule has 4 heteroatoms. The van der Waals surface area contributed by atoms with Gasteiger partial charge in [-0.1, -0.05) is 0 Å². The molecule has 0 radical (unpaired) electrons. The lowest BCUT2D eigenvalue weighted by atomic mass is 10.1.